The predicted molar refractivity (Wildman–Crippen MR) is 71.7 cm³/mol. The molecular weight excluding hydrogens is 255 g/mol. The van der Waals surface area contributed by atoms with Gasteiger partial charge >= 0.3 is 0 Å². The Kier molecular flexibility index (Phi) is 4.47. The van der Waals surface area contributed by atoms with Crippen LogP contribution in [-0.4, -0.2) is 5.78 Å². The summed E-state index contributed by atoms with van der Waals surface area (Å²) in [6, 6.07) is 5.75. The van der Waals surface area contributed by atoms with Crippen LogP contribution < -0.4 is 0 Å². The third-order valence-electron chi connectivity index (χ3n) is 3.34. The Hall–Kier alpha value is -0.530. The number of benzene rings is 1. The average Bonchev–Trinajstić information content (AvgIpc) is 2.48. The summed E-state index contributed by atoms with van der Waals surface area (Å²) in [7, 11) is 0. The molecule has 1 atom stereocenters. The molecule has 17 heavy (non-hydrogen) atoms. The fourth-order valence-electron chi connectivity index (χ4n) is 2.46. The number of hydrogen-bond acceptors (Lipinski definition) is 1. The highest BCUT2D eigenvalue weighted by Gasteiger charge is 2.18. The molecule has 1 aliphatic carbocycles. The van der Waals surface area contributed by atoms with E-state index in [0.717, 1.165) is 38.5 Å². The van der Waals surface area contributed by atoms with Gasteiger partial charge in [0, 0.05) is 12.8 Å². The minimum atomic E-state index is 0.410. The third kappa shape index (κ3) is 3.72. The van der Waals surface area contributed by atoms with Crippen molar-refractivity contribution in [1.29, 1.82) is 0 Å². The molecule has 1 aromatic carbocycles. The first-order valence-corrected chi connectivity index (χ1v) is 6.86. The van der Waals surface area contributed by atoms with E-state index >= 15 is 0 Å². The van der Waals surface area contributed by atoms with Crippen molar-refractivity contribution in [2.75, 3.05) is 0 Å². The fraction of sp³-hybridized carbons (Fsp3) is 0.500. The summed E-state index contributed by atoms with van der Waals surface area (Å²) in [4.78, 5) is 11.6. The van der Waals surface area contributed by atoms with Gasteiger partial charge in [0.1, 0.15) is 5.78 Å². The molecule has 0 N–H and O–H groups in total. The van der Waals surface area contributed by atoms with Gasteiger partial charge in [-0.1, -0.05) is 35.7 Å². The lowest BCUT2D eigenvalue weighted by Crippen LogP contribution is -2.08. The Balaban J connectivity index is 2.03. The molecule has 0 aliphatic heterocycles. The van der Waals surface area contributed by atoms with Crippen molar-refractivity contribution in [1.82, 2.24) is 0 Å². The number of halogens is 2. The van der Waals surface area contributed by atoms with Crippen molar-refractivity contribution < 1.29 is 4.79 Å². The second kappa shape index (κ2) is 5.88. The maximum absolute atomic E-state index is 11.6. The molecule has 0 heterocycles. The third-order valence-corrected chi connectivity index (χ3v) is 4.08. The lowest BCUT2D eigenvalue weighted by Gasteiger charge is -2.13. The Morgan fingerprint density at radius 2 is 2.00 bits per heavy atom. The first-order valence-electron chi connectivity index (χ1n) is 6.11. The summed E-state index contributed by atoms with van der Waals surface area (Å²) < 4.78 is 0. The monoisotopic (exact) mass is 270 g/mol. The number of hydrogen-bond donors (Lipinski definition) is 0. The Morgan fingerprint density at radius 3 is 2.76 bits per heavy atom. The summed E-state index contributed by atoms with van der Waals surface area (Å²) in [5.41, 5.74) is 1.18. The summed E-state index contributed by atoms with van der Waals surface area (Å²) in [6.45, 7) is 0. The zero-order valence-corrected chi connectivity index (χ0v) is 11.2. The van der Waals surface area contributed by atoms with E-state index < -0.39 is 0 Å². The van der Waals surface area contributed by atoms with Crippen LogP contribution in [0.3, 0.4) is 0 Å². The van der Waals surface area contributed by atoms with Crippen molar-refractivity contribution in [2.45, 2.75) is 38.5 Å². The number of Topliss-reactive ketones (excluding diaryl/α,β-unsaturated/α-hetero) is 1. The second-order valence-electron chi connectivity index (χ2n) is 4.81. The van der Waals surface area contributed by atoms with E-state index in [4.69, 9.17) is 23.2 Å². The van der Waals surface area contributed by atoms with Gasteiger partial charge in [-0.15, -0.1) is 0 Å². The summed E-state index contributed by atoms with van der Waals surface area (Å²) in [6.07, 6.45) is 5.78. The highest BCUT2D eigenvalue weighted by Crippen LogP contribution is 2.27. The second-order valence-corrected chi connectivity index (χ2v) is 5.62. The van der Waals surface area contributed by atoms with Crippen molar-refractivity contribution in [3.8, 4) is 0 Å². The SMILES string of the molecule is O=C1CCCCC(Cc2ccc(Cl)c(Cl)c2)C1. The summed E-state index contributed by atoms with van der Waals surface area (Å²) in [5.74, 6) is 0.884. The lowest BCUT2D eigenvalue weighted by atomic mass is 9.92. The van der Waals surface area contributed by atoms with E-state index in [-0.39, 0.29) is 0 Å². The van der Waals surface area contributed by atoms with Gasteiger partial charge in [0.2, 0.25) is 0 Å². The Bertz CT molecular complexity index is 415. The maximum atomic E-state index is 11.6. The molecule has 0 saturated heterocycles. The number of rotatable bonds is 2. The molecule has 0 bridgehead atoms. The van der Waals surface area contributed by atoms with Crippen LogP contribution in [0.2, 0.25) is 10.0 Å². The molecule has 0 aromatic heterocycles. The van der Waals surface area contributed by atoms with Crippen LogP contribution in [0, 0.1) is 5.92 Å². The predicted octanol–water partition coefficient (Wildman–Crippen LogP) is 4.69. The van der Waals surface area contributed by atoms with E-state index in [1.807, 2.05) is 18.2 Å². The average molecular weight is 271 g/mol. The van der Waals surface area contributed by atoms with Crippen molar-refractivity contribution >= 4 is 29.0 Å². The highest BCUT2D eigenvalue weighted by molar-refractivity contribution is 6.42. The quantitative estimate of drug-likeness (QED) is 0.713. The summed E-state index contributed by atoms with van der Waals surface area (Å²) in [5, 5.41) is 1.19. The van der Waals surface area contributed by atoms with Crippen LogP contribution in [0.1, 0.15) is 37.7 Å². The van der Waals surface area contributed by atoms with Gasteiger partial charge in [-0.3, -0.25) is 4.79 Å². The van der Waals surface area contributed by atoms with Gasteiger partial charge in [-0.25, -0.2) is 0 Å². The lowest BCUT2D eigenvalue weighted by molar-refractivity contribution is -0.119. The normalized spacial score (nSPS) is 21.3. The largest absolute Gasteiger partial charge is 0.300 e. The van der Waals surface area contributed by atoms with E-state index in [2.05, 4.69) is 0 Å². The minimum absolute atomic E-state index is 0.410. The van der Waals surface area contributed by atoms with Crippen LogP contribution in [0.4, 0.5) is 0 Å². The smallest absolute Gasteiger partial charge is 0.133 e. The minimum Gasteiger partial charge on any atom is -0.300 e. The molecule has 1 nitrogen and oxygen atoms in total. The van der Waals surface area contributed by atoms with E-state index in [1.165, 1.54) is 5.56 Å². The molecule has 2 rings (SSSR count). The topological polar surface area (TPSA) is 17.1 Å². The van der Waals surface area contributed by atoms with Crippen molar-refractivity contribution in [3.63, 3.8) is 0 Å². The van der Waals surface area contributed by atoms with Gasteiger partial charge < -0.3 is 0 Å². The molecule has 3 heteroatoms. The van der Waals surface area contributed by atoms with Crippen LogP contribution in [0.25, 0.3) is 0 Å². The molecule has 0 spiro atoms. The van der Waals surface area contributed by atoms with Gasteiger partial charge in [-0.2, -0.15) is 0 Å². The van der Waals surface area contributed by atoms with Crippen LogP contribution in [0.5, 0.6) is 0 Å². The standard InChI is InChI=1S/C14H16Cl2O/c15-13-6-5-11(9-14(13)16)7-10-3-1-2-4-12(17)8-10/h5-6,9-10H,1-4,7-8H2. The molecule has 1 unspecified atom stereocenters. The molecule has 1 aromatic rings. The van der Waals surface area contributed by atoms with Crippen molar-refractivity contribution in [3.05, 3.63) is 33.8 Å². The molecule has 1 fully saturated rings. The first kappa shape index (κ1) is 12.9. The van der Waals surface area contributed by atoms with E-state index in [1.54, 1.807) is 0 Å². The van der Waals surface area contributed by atoms with Gasteiger partial charge in [-0.05, 0) is 42.9 Å². The van der Waals surface area contributed by atoms with Gasteiger partial charge in [0.25, 0.3) is 0 Å². The van der Waals surface area contributed by atoms with Crippen LogP contribution in [-0.2, 0) is 11.2 Å². The molecule has 0 amide bonds. The number of ketones is 1. The number of carbonyl (C=O) groups is 1. The van der Waals surface area contributed by atoms with Crippen LogP contribution >= 0.6 is 23.2 Å². The van der Waals surface area contributed by atoms with Crippen molar-refractivity contribution in [2.24, 2.45) is 5.92 Å². The fourth-order valence-corrected chi connectivity index (χ4v) is 2.78. The number of carbonyl (C=O) groups excluding carboxylic acids is 1. The van der Waals surface area contributed by atoms with E-state index in [0.29, 0.717) is 21.7 Å². The molecule has 0 radical (unpaired) electrons. The zero-order chi connectivity index (χ0) is 12.3. The Labute approximate surface area is 112 Å². The molecule has 92 valence electrons. The maximum Gasteiger partial charge on any atom is 0.133 e. The molecule has 1 saturated carbocycles. The first-order chi connectivity index (χ1) is 8.15. The van der Waals surface area contributed by atoms with Gasteiger partial charge in [0.15, 0.2) is 0 Å². The van der Waals surface area contributed by atoms with Gasteiger partial charge in [0.05, 0.1) is 10.0 Å². The highest BCUT2D eigenvalue weighted by atomic mass is 35.5. The molecule has 1 aliphatic rings. The van der Waals surface area contributed by atoms with E-state index in [9.17, 15) is 4.79 Å². The van der Waals surface area contributed by atoms with Crippen LogP contribution in [0.15, 0.2) is 18.2 Å². The summed E-state index contributed by atoms with van der Waals surface area (Å²) >= 11 is 11.9. The Morgan fingerprint density at radius 1 is 1.18 bits per heavy atom. The molecular formula is C14H16Cl2O. The zero-order valence-electron chi connectivity index (χ0n) is 9.72.